The maximum absolute atomic E-state index is 13.1. The van der Waals surface area contributed by atoms with Gasteiger partial charge in [0.15, 0.2) is 0 Å². The maximum Gasteiger partial charge on any atom is 0.259 e. The number of aromatic amines is 1. The average molecular weight is 495 g/mol. The van der Waals surface area contributed by atoms with E-state index in [-0.39, 0.29) is 12.2 Å². The smallest absolute Gasteiger partial charge is 0.259 e. The van der Waals surface area contributed by atoms with Crippen molar-refractivity contribution >= 4 is 21.6 Å². The normalized spacial score (nSPS) is 15.1. The Balaban J connectivity index is 1.36. The molecule has 4 heterocycles. The Hall–Kier alpha value is -2.82. The summed E-state index contributed by atoms with van der Waals surface area (Å²) in [7, 11) is 1.56. The number of nitrogens with one attached hydrogen (secondary N) is 1. The molecule has 35 heavy (non-hydrogen) atoms. The molecular formula is C26H30N4O4S. The molecule has 184 valence electrons. The zero-order chi connectivity index (χ0) is 24.2. The van der Waals surface area contributed by atoms with Gasteiger partial charge in [-0.25, -0.2) is 4.98 Å². The molecule has 0 amide bonds. The van der Waals surface area contributed by atoms with E-state index in [2.05, 4.69) is 34.1 Å². The number of hydrogen-bond acceptors (Lipinski definition) is 8. The first kappa shape index (κ1) is 23.9. The zero-order valence-electron chi connectivity index (χ0n) is 19.8. The Morgan fingerprint density at radius 3 is 2.89 bits per heavy atom. The number of hydrogen-bond donors (Lipinski definition) is 2. The highest BCUT2D eigenvalue weighted by Gasteiger charge is 2.24. The van der Waals surface area contributed by atoms with E-state index in [4.69, 9.17) is 14.1 Å². The number of thiophene rings is 1. The molecule has 5 rings (SSSR count). The monoisotopic (exact) mass is 494 g/mol. The molecule has 0 radical (unpaired) electrons. The predicted molar refractivity (Wildman–Crippen MR) is 135 cm³/mol. The molecule has 1 aliphatic heterocycles. The van der Waals surface area contributed by atoms with E-state index in [9.17, 15) is 9.90 Å². The van der Waals surface area contributed by atoms with Crippen LogP contribution in [-0.4, -0.2) is 57.8 Å². The largest absolute Gasteiger partial charge is 0.468 e. The first-order valence-electron chi connectivity index (χ1n) is 11.8. The first-order valence-corrected chi connectivity index (χ1v) is 12.6. The quantitative estimate of drug-likeness (QED) is 0.350. The summed E-state index contributed by atoms with van der Waals surface area (Å²) in [5.41, 5.74) is 2.34. The van der Waals surface area contributed by atoms with E-state index in [1.807, 2.05) is 23.1 Å². The fourth-order valence-electron chi connectivity index (χ4n) is 4.71. The molecule has 1 aromatic carbocycles. The Morgan fingerprint density at radius 2 is 2.11 bits per heavy atom. The van der Waals surface area contributed by atoms with Gasteiger partial charge in [-0.1, -0.05) is 30.3 Å². The lowest BCUT2D eigenvalue weighted by molar-refractivity contribution is 0.0317. The Labute approximate surface area is 207 Å². The van der Waals surface area contributed by atoms with Gasteiger partial charge in [0, 0.05) is 38.2 Å². The second-order valence-electron chi connectivity index (χ2n) is 9.00. The van der Waals surface area contributed by atoms with Crippen LogP contribution in [0.4, 0.5) is 0 Å². The lowest BCUT2D eigenvalue weighted by Crippen LogP contribution is -2.35. The van der Waals surface area contributed by atoms with Crippen molar-refractivity contribution in [2.75, 3.05) is 26.8 Å². The molecule has 8 nitrogen and oxygen atoms in total. The van der Waals surface area contributed by atoms with Gasteiger partial charge in [0.05, 0.1) is 37.4 Å². The van der Waals surface area contributed by atoms with Crippen LogP contribution in [0.5, 0.6) is 0 Å². The number of aromatic nitrogens is 2. The Kier molecular flexibility index (Phi) is 7.40. The maximum atomic E-state index is 13.1. The minimum Gasteiger partial charge on any atom is -0.468 e. The zero-order valence-corrected chi connectivity index (χ0v) is 20.6. The number of furan rings is 1. The van der Waals surface area contributed by atoms with Crippen molar-refractivity contribution in [3.8, 4) is 0 Å². The van der Waals surface area contributed by atoms with E-state index in [1.54, 1.807) is 24.7 Å². The van der Waals surface area contributed by atoms with Gasteiger partial charge >= 0.3 is 0 Å². The molecule has 0 aliphatic carbocycles. The highest BCUT2D eigenvalue weighted by molar-refractivity contribution is 7.18. The highest BCUT2D eigenvalue weighted by Crippen LogP contribution is 2.33. The first-order chi connectivity index (χ1) is 17.1. The number of rotatable bonds is 10. The number of H-pyrrole nitrogens is 1. The van der Waals surface area contributed by atoms with Crippen LogP contribution in [0.15, 0.2) is 57.9 Å². The van der Waals surface area contributed by atoms with Gasteiger partial charge in [0.1, 0.15) is 16.4 Å². The second kappa shape index (κ2) is 10.8. The summed E-state index contributed by atoms with van der Waals surface area (Å²) >= 11 is 1.62. The fourth-order valence-corrected chi connectivity index (χ4v) is 5.99. The van der Waals surface area contributed by atoms with Gasteiger partial charge in [-0.3, -0.25) is 14.6 Å². The van der Waals surface area contributed by atoms with Crippen LogP contribution in [0.25, 0.3) is 10.2 Å². The van der Waals surface area contributed by atoms with Crippen LogP contribution >= 0.6 is 11.3 Å². The van der Waals surface area contributed by atoms with Crippen LogP contribution in [0.2, 0.25) is 0 Å². The molecule has 4 aromatic rings. The van der Waals surface area contributed by atoms with E-state index >= 15 is 0 Å². The summed E-state index contributed by atoms with van der Waals surface area (Å²) in [5, 5.41) is 11.0. The average Bonchev–Trinajstić information content (AvgIpc) is 3.47. The van der Waals surface area contributed by atoms with Crippen molar-refractivity contribution in [3.63, 3.8) is 0 Å². The van der Waals surface area contributed by atoms with Crippen molar-refractivity contribution in [1.82, 2.24) is 19.8 Å². The van der Waals surface area contributed by atoms with Crippen LogP contribution in [0, 0.1) is 0 Å². The van der Waals surface area contributed by atoms with Gasteiger partial charge in [-0.2, -0.15) is 0 Å². The van der Waals surface area contributed by atoms with Crippen molar-refractivity contribution < 1.29 is 14.3 Å². The standard InChI is InChI=1S/C26H30N4O4S/c1-33-17-19(31)13-30(14-20-8-5-11-34-20)16-23-27-25(32)24-21-9-10-29(12-18-6-3-2-4-7-18)15-22(21)35-26(24)28-23/h2-8,11,19,31H,9-10,12-17H2,1H3,(H,27,28,32)/t19-/m0/s1. The summed E-state index contributed by atoms with van der Waals surface area (Å²) in [4.78, 5) is 27.4. The molecule has 0 bridgehead atoms. The highest BCUT2D eigenvalue weighted by atomic mass is 32.1. The molecule has 1 atom stereocenters. The second-order valence-corrected chi connectivity index (χ2v) is 10.1. The molecule has 2 N–H and O–H groups in total. The van der Waals surface area contributed by atoms with Gasteiger partial charge in [-0.05, 0) is 29.7 Å². The van der Waals surface area contributed by atoms with Crippen LogP contribution in [0.3, 0.4) is 0 Å². The van der Waals surface area contributed by atoms with Crippen molar-refractivity contribution in [1.29, 1.82) is 0 Å². The summed E-state index contributed by atoms with van der Waals surface area (Å²) in [6, 6.07) is 14.2. The molecule has 0 spiro atoms. The Morgan fingerprint density at radius 1 is 1.26 bits per heavy atom. The van der Waals surface area contributed by atoms with Crippen molar-refractivity contribution in [2.45, 2.75) is 38.7 Å². The minimum atomic E-state index is -0.657. The van der Waals surface area contributed by atoms with Crippen molar-refractivity contribution in [2.24, 2.45) is 0 Å². The fraction of sp³-hybridized carbons (Fsp3) is 0.385. The molecule has 3 aromatic heterocycles. The van der Waals surface area contributed by atoms with Gasteiger partial charge in [-0.15, -0.1) is 11.3 Å². The van der Waals surface area contributed by atoms with E-state index in [1.165, 1.54) is 10.4 Å². The summed E-state index contributed by atoms with van der Waals surface area (Å²) in [5.74, 6) is 1.36. The summed E-state index contributed by atoms with van der Waals surface area (Å²) in [6.45, 7) is 4.12. The van der Waals surface area contributed by atoms with Crippen molar-refractivity contribution in [3.05, 3.63) is 86.7 Å². The number of methoxy groups -OCH3 is 1. The van der Waals surface area contributed by atoms with E-state index < -0.39 is 6.10 Å². The molecule has 0 saturated heterocycles. The third-order valence-corrected chi connectivity index (χ3v) is 7.36. The topological polar surface area (TPSA) is 94.8 Å². The number of aliphatic hydroxyl groups excluding tert-OH is 1. The number of benzene rings is 1. The molecule has 1 aliphatic rings. The minimum absolute atomic E-state index is 0.0885. The van der Waals surface area contributed by atoms with E-state index in [0.717, 1.165) is 47.6 Å². The molecule has 0 fully saturated rings. The number of aliphatic hydroxyl groups is 1. The third-order valence-electron chi connectivity index (χ3n) is 6.25. The number of nitrogens with zero attached hydrogens (tertiary/aromatic N) is 3. The molecular weight excluding hydrogens is 464 g/mol. The Bertz CT molecular complexity index is 1300. The molecule has 9 heteroatoms. The summed E-state index contributed by atoms with van der Waals surface area (Å²) < 4.78 is 10.6. The van der Waals surface area contributed by atoms with Gasteiger partial charge in [0.2, 0.25) is 0 Å². The van der Waals surface area contributed by atoms with E-state index in [0.29, 0.717) is 25.5 Å². The van der Waals surface area contributed by atoms with Crippen LogP contribution in [0.1, 0.15) is 27.6 Å². The SMILES string of the molecule is COC[C@@H](O)CN(Cc1nc2sc3c(c2c(=O)[nH]1)CCN(Cc1ccccc1)C3)Cc1ccco1. The lowest BCUT2D eigenvalue weighted by Gasteiger charge is -2.26. The molecule has 0 unspecified atom stereocenters. The number of ether oxygens (including phenoxy) is 1. The molecule has 0 saturated carbocycles. The van der Waals surface area contributed by atoms with Gasteiger partial charge < -0.3 is 19.2 Å². The lowest BCUT2D eigenvalue weighted by atomic mass is 10.0. The number of fused-ring (bicyclic) bond motifs is 3. The summed E-state index contributed by atoms with van der Waals surface area (Å²) in [6.07, 6.45) is 1.82. The predicted octanol–water partition coefficient (Wildman–Crippen LogP) is 3.15. The van der Waals surface area contributed by atoms with Crippen LogP contribution in [-0.2, 0) is 37.3 Å². The van der Waals surface area contributed by atoms with Crippen LogP contribution < -0.4 is 5.56 Å². The van der Waals surface area contributed by atoms with Gasteiger partial charge in [0.25, 0.3) is 5.56 Å². The third kappa shape index (κ3) is 5.71.